The molecule has 0 atom stereocenters. The van der Waals surface area contributed by atoms with Gasteiger partial charge in [-0.05, 0) is 35.0 Å². The van der Waals surface area contributed by atoms with Crippen molar-refractivity contribution >= 4 is 51.0 Å². The van der Waals surface area contributed by atoms with Crippen molar-refractivity contribution in [3.8, 4) is 5.75 Å². The van der Waals surface area contributed by atoms with Crippen molar-refractivity contribution in [3.63, 3.8) is 0 Å². The zero-order valence-corrected chi connectivity index (χ0v) is 14.3. The van der Waals surface area contributed by atoms with E-state index in [4.69, 9.17) is 33.7 Å². The summed E-state index contributed by atoms with van der Waals surface area (Å²) in [6.45, 7) is 1.41. The van der Waals surface area contributed by atoms with Gasteiger partial charge in [-0.1, -0.05) is 23.2 Å². The number of ether oxygens (including phenoxy) is 1. The Morgan fingerprint density at radius 3 is 2.68 bits per heavy atom. The SMILES string of the molecule is Cc1nc(N)nc(COc2c(Cl)cc(Cl)cc2Br)c1C(=O)O. The number of hydrogen-bond donors (Lipinski definition) is 2. The van der Waals surface area contributed by atoms with Crippen LogP contribution in [0.1, 0.15) is 21.7 Å². The first-order valence-electron chi connectivity index (χ1n) is 5.93. The predicted octanol–water partition coefficient (Wildman–Crippen LogP) is 3.71. The molecule has 0 spiro atoms. The van der Waals surface area contributed by atoms with E-state index < -0.39 is 5.97 Å². The molecule has 2 rings (SSSR count). The van der Waals surface area contributed by atoms with E-state index in [-0.39, 0.29) is 34.5 Å². The van der Waals surface area contributed by atoms with Crippen molar-refractivity contribution in [1.82, 2.24) is 9.97 Å². The van der Waals surface area contributed by atoms with Crippen LogP contribution in [0.3, 0.4) is 0 Å². The first kappa shape index (κ1) is 16.8. The number of carbonyl (C=O) groups is 1. The third-order valence-corrected chi connectivity index (χ3v) is 3.80. The van der Waals surface area contributed by atoms with E-state index in [1.807, 2.05) is 0 Å². The van der Waals surface area contributed by atoms with E-state index >= 15 is 0 Å². The molecule has 0 saturated heterocycles. The number of aryl methyl sites for hydroxylation is 1. The molecule has 116 valence electrons. The fourth-order valence-corrected chi connectivity index (χ4v) is 3.21. The van der Waals surface area contributed by atoms with Gasteiger partial charge in [0.1, 0.15) is 12.2 Å². The number of nitrogens with zero attached hydrogens (tertiary/aromatic N) is 2. The molecule has 3 N–H and O–H groups in total. The van der Waals surface area contributed by atoms with Crippen molar-refractivity contribution < 1.29 is 14.6 Å². The molecule has 0 unspecified atom stereocenters. The number of benzene rings is 1. The Labute approximate surface area is 144 Å². The minimum absolute atomic E-state index is 0.0256. The van der Waals surface area contributed by atoms with Gasteiger partial charge in [0.05, 0.1) is 20.9 Å². The molecule has 0 fully saturated rings. The van der Waals surface area contributed by atoms with E-state index in [9.17, 15) is 9.90 Å². The molecule has 22 heavy (non-hydrogen) atoms. The van der Waals surface area contributed by atoms with Crippen LogP contribution in [0, 0.1) is 6.92 Å². The minimum Gasteiger partial charge on any atom is -0.485 e. The maximum absolute atomic E-state index is 11.3. The first-order chi connectivity index (χ1) is 10.3. The summed E-state index contributed by atoms with van der Waals surface area (Å²) in [5, 5.41) is 9.98. The number of aromatic carboxylic acids is 1. The predicted molar refractivity (Wildman–Crippen MR) is 86.6 cm³/mol. The van der Waals surface area contributed by atoms with Crippen molar-refractivity contribution in [2.45, 2.75) is 13.5 Å². The molecule has 6 nitrogen and oxygen atoms in total. The number of nitrogen functional groups attached to an aromatic ring is 1. The average Bonchev–Trinajstić information content (AvgIpc) is 2.35. The fourth-order valence-electron chi connectivity index (χ4n) is 1.85. The fraction of sp³-hybridized carbons (Fsp3) is 0.154. The standard InChI is InChI=1S/C13H10BrCl2N3O3/c1-5-10(12(20)21)9(19-13(17)18-5)4-22-11-7(14)2-6(15)3-8(11)16/h2-3H,4H2,1H3,(H,20,21)(H2,17,18,19). The van der Waals surface area contributed by atoms with E-state index in [2.05, 4.69) is 25.9 Å². The Kier molecular flexibility index (Phi) is 5.10. The second kappa shape index (κ2) is 6.68. The van der Waals surface area contributed by atoms with Crippen LogP contribution in [-0.2, 0) is 6.61 Å². The third-order valence-electron chi connectivity index (χ3n) is 2.71. The molecule has 0 radical (unpaired) electrons. The summed E-state index contributed by atoms with van der Waals surface area (Å²) in [6.07, 6.45) is 0. The van der Waals surface area contributed by atoms with Crippen LogP contribution in [0.25, 0.3) is 0 Å². The molecule has 0 bridgehead atoms. The number of aromatic nitrogens is 2. The number of carboxylic acids is 1. The lowest BCUT2D eigenvalue weighted by Crippen LogP contribution is -2.14. The summed E-state index contributed by atoms with van der Waals surface area (Å²) in [6, 6.07) is 3.13. The molecule has 1 heterocycles. The highest BCUT2D eigenvalue weighted by molar-refractivity contribution is 9.10. The number of hydrogen-bond acceptors (Lipinski definition) is 5. The lowest BCUT2D eigenvalue weighted by atomic mass is 10.1. The molecule has 1 aromatic heterocycles. The lowest BCUT2D eigenvalue weighted by molar-refractivity contribution is 0.0691. The van der Waals surface area contributed by atoms with Crippen LogP contribution in [0.4, 0.5) is 5.95 Å². The second-order valence-electron chi connectivity index (χ2n) is 4.28. The largest absolute Gasteiger partial charge is 0.485 e. The quantitative estimate of drug-likeness (QED) is 0.802. The normalized spacial score (nSPS) is 10.5. The Morgan fingerprint density at radius 1 is 1.41 bits per heavy atom. The molecule has 0 aliphatic heterocycles. The summed E-state index contributed by atoms with van der Waals surface area (Å²) >= 11 is 15.2. The summed E-state index contributed by atoms with van der Waals surface area (Å²) in [4.78, 5) is 19.1. The molecular formula is C13H10BrCl2N3O3. The van der Waals surface area contributed by atoms with Gasteiger partial charge in [-0.2, -0.15) is 0 Å². The van der Waals surface area contributed by atoms with Crippen LogP contribution in [0.5, 0.6) is 5.75 Å². The molecule has 9 heteroatoms. The summed E-state index contributed by atoms with van der Waals surface area (Å²) in [7, 11) is 0. The van der Waals surface area contributed by atoms with Crippen LogP contribution in [0.15, 0.2) is 16.6 Å². The third kappa shape index (κ3) is 3.60. The summed E-state index contributed by atoms with van der Waals surface area (Å²) < 4.78 is 6.11. The van der Waals surface area contributed by atoms with Crippen molar-refractivity contribution in [3.05, 3.63) is 43.6 Å². The van der Waals surface area contributed by atoms with E-state index in [1.54, 1.807) is 6.07 Å². The van der Waals surface area contributed by atoms with Gasteiger partial charge in [0.15, 0.2) is 5.75 Å². The van der Waals surface area contributed by atoms with Crippen LogP contribution >= 0.6 is 39.1 Å². The van der Waals surface area contributed by atoms with E-state index in [0.717, 1.165) is 0 Å². The van der Waals surface area contributed by atoms with Crippen LogP contribution in [0.2, 0.25) is 10.0 Å². The van der Waals surface area contributed by atoms with Gasteiger partial charge < -0.3 is 15.6 Å². The van der Waals surface area contributed by atoms with Crippen molar-refractivity contribution in [1.29, 1.82) is 0 Å². The zero-order chi connectivity index (χ0) is 16.4. The lowest BCUT2D eigenvalue weighted by Gasteiger charge is -2.12. The molecule has 0 aliphatic carbocycles. The van der Waals surface area contributed by atoms with Crippen molar-refractivity contribution in [2.24, 2.45) is 0 Å². The maximum Gasteiger partial charge on any atom is 0.339 e. The number of anilines is 1. The van der Waals surface area contributed by atoms with Crippen LogP contribution in [-0.4, -0.2) is 21.0 Å². The monoisotopic (exact) mass is 405 g/mol. The van der Waals surface area contributed by atoms with Gasteiger partial charge in [-0.3, -0.25) is 0 Å². The number of halogens is 3. The Hall–Kier alpha value is -1.57. The Morgan fingerprint density at radius 2 is 2.09 bits per heavy atom. The average molecular weight is 407 g/mol. The molecule has 1 aromatic carbocycles. The Bertz CT molecular complexity index is 733. The van der Waals surface area contributed by atoms with Gasteiger partial charge in [-0.25, -0.2) is 14.8 Å². The molecular weight excluding hydrogens is 397 g/mol. The highest BCUT2D eigenvalue weighted by Crippen LogP contribution is 2.36. The molecule has 0 amide bonds. The number of rotatable bonds is 4. The van der Waals surface area contributed by atoms with Gasteiger partial charge in [0, 0.05) is 5.02 Å². The van der Waals surface area contributed by atoms with Gasteiger partial charge in [0.2, 0.25) is 5.95 Å². The van der Waals surface area contributed by atoms with Gasteiger partial charge in [-0.15, -0.1) is 0 Å². The topological polar surface area (TPSA) is 98.3 Å². The van der Waals surface area contributed by atoms with Crippen LogP contribution < -0.4 is 10.5 Å². The summed E-state index contributed by atoms with van der Waals surface area (Å²) in [5.74, 6) is -0.850. The number of nitrogens with two attached hydrogens (primary N) is 1. The highest BCUT2D eigenvalue weighted by atomic mass is 79.9. The second-order valence-corrected chi connectivity index (χ2v) is 5.98. The minimum atomic E-state index is -1.16. The maximum atomic E-state index is 11.3. The zero-order valence-electron chi connectivity index (χ0n) is 11.2. The highest BCUT2D eigenvalue weighted by Gasteiger charge is 2.19. The van der Waals surface area contributed by atoms with Gasteiger partial charge in [0.25, 0.3) is 0 Å². The number of carboxylic acid groups (broad SMARTS) is 1. The smallest absolute Gasteiger partial charge is 0.339 e. The van der Waals surface area contributed by atoms with E-state index in [0.29, 0.717) is 15.2 Å². The summed E-state index contributed by atoms with van der Waals surface area (Å²) in [5.41, 5.74) is 5.93. The van der Waals surface area contributed by atoms with Crippen molar-refractivity contribution in [2.75, 3.05) is 5.73 Å². The van der Waals surface area contributed by atoms with Gasteiger partial charge >= 0.3 is 5.97 Å². The molecule has 0 saturated carbocycles. The first-order valence-corrected chi connectivity index (χ1v) is 7.48. The molecule has 2 aromatic rings. The molecule has 0 aliphatic rings. The Balaban J connectivity index is 2.35. The van der Waals surface area contributed by atoms with E-state index in [1.165, 1.54) is 13.0 Å².